The minimum Gasteiger partial charge on any atom is -0.480 e. The van der Waals surface area contributed by atoms with Gasteiger partial charge in [-0.05, 0) is 18.3 Å². The van der Waals surface area contributed by atoms with Crippen LogP contribution in [-0.2, 0) is 14.4 Å². The maximum Gasteiger partial charge on any atom is 0.327 e. The van der Waals surface area contributed by atoms with E-state index in [-0.39, 0.29) is 18.2 Å². The molecule has 1 aliphatic heterocycles. The average molecular weight is 281 g/mol. The van der Waals surface area contributed by atoms with Gasteiger partial charge in [0, 0.05) is 6.42 Å². The highest BCUT2D eigenvalue weighted by Crippen LogP contribution is 2.47. The van der Waals surface area contributed by atoms with Gasteiger partial charge in [-0.3, -0.25) is 14.5 Å². The molecule has 0 aromatic rings. The molecule has 1 saturated carbocycles. The Kier molecular flexibility index (Phi) is 3.65. The van der Waals surface area contributed by atoms with E-state index >= 15 is 0 Å². The van der Waals surface area contributed by atoms with E-state index in [4.69, 9.17) is 0 Å². The van der Waals surface area contributed by atoms with Gasteiger partial charge in [0.2, 0.25) is 11.8 Å². The van der Waals surface area contributed by atoms with Crippen LogP contribution in [0.2, 0.25) is 0 Å². The highest BCUT2D eigenvalue weighted by atomic mass is 16.4. The highest BCUT2D eigenvalue weighted by molar-refractivity contribution is 6.08. The Balaban J connectivity index is 2.35. The third kappa shape index (κ3) is 2.34. The Morgan fingerprint density at radius 1 is 1.20 bits per heavy atom. The number of likely N-dealkylation sites (tertiary alicyclic amines) is 1. The van der Waals surface area contributed by atoms with Crippen LogP contribution >= 0.6 is 0 Å². The largest absolute Gasteiger partial charge is 0.480 e. The van der Waals surface area contributed by atoms with Crippen molar-refractivity contribution in [3.8, 4) is 0 Å². The van der Waals surface area contributed by atoms with Crippen LogP contribution in [0.4, 0.5) is 0 Å². The molecule has 1 spiro atoms. The molecule has 0 radical (unpaired) electrons. The van der Waals surface area contributed by atoms with E-state index in [0.29, 0.717) is 12.8 Å². The minimum absolute atomic E-state index is 0.186. The van der Waals surface area contributed by atoms with E-state index in [1.165, 1.54) is 0 Å². The second kappa shape index (κ2) is 4.86. The number of imide groups is 1. The standard InChI is InChI=1S/C15H23NO4/c1-14(2,3)11(12(18)19)16-10(17)9-15(13(16)20)7-5-4-6-8-15/h11H,4-9H2,1-3H3,(H,18,19). The lowest BCUT2D eigenvalue weighted by Crippen LogP contribution is -2.53. The van der Waals surface area contributed by atoms with E-state index < -0.39 is 22.8 Å². The topological polar surface area (TPSA) is 74.7 Å². The second-order valence-corrected chi connectivity index (χ2v) is 7.19. The molecule has 2 rings (SSSR count). The third-order valence-corrected chi connectivity index (χ3v) is 4.55. The van der Waals surface area contributed by atoms with Crippen molar-refractivity contribution < 1.29 is 19.5 Å². The Bertz CT molecular complexity index is 443. The van der Waals surface area contributed by atoms with Crippen LogP contribution in [0, 0.1) is 10.8 Å². The molecule has 0 aromatic heterocycles. The number of rotatable bonds is 2. The summed E-state index contributed by atoms with van der Waals surface area (Å²) in [5, 5.41) is 9.45. The third-order valence-electron chi connectivity index (χ3n) is 4.55. The van der Waals surface area contributed by atoms with Crippen molar-refractivity contribution >= 4 is 17.8 Å². The molecule has 1 N–H and O–H groups in total. The van der Waals surface area contributed by atoms with Gasteiger partial charge in [-0.2, -0.15) is 0 Å². The normalized spacial score (nSPS) is 24.2. The second-order valence-electron chi connectivity index (χ2n) is 7.19. The van der Waals surface area contributed by atoms with Crippen LogP contribution in [0.5, 0.6) is 0 Å². The van der Waals surface area contributed by atoms with Gasteiger partial charge in [0.15, 0.2) is 0 Å². The first-order chi connectivity index (χ1) is 9.19. The van der Waals surface area contributed by atoms with Crippen LogP contribution in [0.1, 0.15) is 59.3 Å². The number of carbonyl (C=O) groups is 3. The molecule has 2 aliphatic rings. The highest BCUT2D eigenvalue weighted by Gasteiger charge is 2.56. The van der Waals surface area contributed by atoms with E-state index in [2.05, 4.69) is 0 Å². The smallest absolute Gasteiger partial charge is 0.327 e. The first-order valence-electron chi connectivity index (χ1n) is 7.28. The zero-order valence-corrected chi connectivity index (χ0v) is 12.4. The van der Waals surface area contributed by atoms with Crippen molar-refractivity contribution in [2.45, 2.75) is 65.3 Å². The van der Waals surface area contributed by atoms with Crippen molar-refractivity contribution in [1.29, 1.82) is 0 Å². The molecule has 1 atom stereocenters. The molecule has 0 bridgehead atoms. The summed E-state index contributed by atoms with van der Waals surface area (Å²) in [7, 11) is 0. The number of aliphatic carboxylic acids is 1. The average Bonchev–Trinajstić information content (AvgIpc) is 2.53. The predicted octanol–water partition coefficient (Wildman–Crippen LogP) is 2.20. The number of hydrogen-bond acceptors (Lipinski definition) is 3. The number of carboxylic acid groups (broad SMARTS) is 1. The summed E-state index contributed by atoms with van der Waals surface area (Å²) in [6.07, 6.45) is 4.59. The lowest BCUT2D eigenvalue weighted by molar-refractivity contribution is -0.160. The fraction of sp³-hybridized carbons (Fsp3) is 0.800. The molecule has 112 valence electrons. The SMILES string of the molecule is CC(C)(C)C(C(=O)O)N1C(=O)CC2(CCCCC2)C1=O. The van der Waals surface area contributed by atoms with E-state index in [1.807, 2.05) is 0 Å². The fourth-order valence-corrected chi connectivity index (χ4v) is 3.57. The maximum absolute atomic E-state index is 12.7. The zero-order chi connectivity index (χ0) is 15.1. The number of carbonyl (C=O) groups excluding carboxylic acids is 2. The fourth-order valence-electron chi connectivity index (χ4n) is 3.57. The van der Waals surface area contributed by atoms with Gasteiger partial charge < -0.3 is 5.11 Å². The van der Waals surface area contributed by atoms with Crippen LogP contribution in [0.3, 0.4) is 0 Å². The van der Waals surface area contributed by atoms with Crippen molar-refractivity contribution in [3.63, 3.8) is 0 Å². The van der Waals surface area contributed by atoms with Crippen molar-refractivity contribution in [2.24, 2.45) is 10.8 Å². The molecule has 2 amide bonds. The van der Waals surface area contributed by atoms with Gasteiger partial charge in [0.1, 0.15) is 6.04 Å². The minimum atomic E-state index is -1.10. The van der Waals surface area contributed by atoms with Crippen molar-refractivity contribution in [3.05, 3.63) is 0 Å². The van der Waals surface area contributed by atoms with Gasteiger partial charge in [-0.1, -0.05) is 40.0 Å². The Labute approximate surface area is 119 Å². The van der Waals surface area contributed by atoms with E-state index in [0.717, 1.165) is 24.2 Å². The first kappa shape index (κ1) is 15.0. The van der Waals surface area contributed by atoms with Crippen LogP contribution in [0.15, 0.2) is 0 Å². The summed E-state index contributed by atoms with van der Waals surface area (Å²) >= 11 is 0. The molecule has 5 nitrogen and oxygen atoms in total. The van der Waals surface area contributed by atoms with Gasteiger partial charge in [-0.15, -0.1) is 0 Å². The summed E-state index contributed by atoms with van der Waals surface area (Å²) in [5.74, 6) is -1.68. The van der Waals surface area contributed by atoms with Crippen LogP contribution in [-0.4, -0.2) is 33.8 Å². The molecule has 5 heteroatoms. The Morgan fingerprint density at radius 2 is 1.75 bits per heavy atom. The number of carboxylic acids is 1. The molecule has 20 heavy (non-hydrogen) atoms. The van der Waals surface area contributed by atoms with Crippen molar-refractivity contribution in [1.82, 2.24) is 4.90 Å². The maximum atomic E-state index is 12.7. The Hall–Kier alpha value is -1.39. The van der Waals surface area contributed by atoms with Gasteiger partial charge in [-0.25, -0.2) is 4.79 Å². The predicted molar refractivity (Wildman–Crippen MR) is 72.9 cm³/mol. The van der Waals surface area contributed by atoms with Crippen molar-refractivity contribution in [2.75, 3.05) is 0 Å². The first-order valence-corrected chi connectivity index (χ1v) is 7.28. The summed E-state index contributed by atoms with van der Waals surface area (Å²) in [6, 6.07) is -1.08. The summed E-state index contributed by atoms with van der Waals surface area (Å²) in [4.78, 5) is 37.6. The molecule has 1 heterocycles. The molecule has 1 aliphatic carbocycles. The summed E-state index contributed by atoms with van der Waals surface area (Å²) in [5.41, 5.74) is -1.29. The summed E-state index contributed by atoms with van der Waals surface area (Å²) < 4.78 is 0. The molecular formula is C15H23NO4. The lowest BCUT2D eigenvalue weighted by atomic mass is 9.73. The Morgan fingerprint density at radius 3 is 2.20 bits per heavy atom. The number of nitrogens with zero attached hydrogens (tertiary/aromatic N) is 1. The molecular weight excluding hydrogens is 258 g/mol. The molecule has 1 unspecified atom stereocenters. The van der Waals surface area contributed by atoms with E-state index in [1.54, 1.807) is 20.8 Å². The van der Waals surface area contributed by atoms with Gasteiger partial charge in [0.05, 0.1) is 5.41 Å². The van der Waals surface area contributed by atoms with Crippen LogP contribution in [0.25, 0.3) is 0 Å². The molecule has 0 aromatic carbocycles. The van der Waals surface area contributed by atoms with Gasteiger partial charge >= 0.3 is 5.97 Å². The van der Waals surface area contributed by atoms with E-state index in [9.17, 15) is 19.5 Å². The quantitative estimate of drug-likeness (QED) is 0.787. The lowest BCUT2D eigenvalue weighted by Gasteiger charge is -2.36. The summed E-state index contributed by atoms with van der Waals surface area (Å²) in [6.45, 7) is 5.24. The zero-order valence-electron chi connectivity index (χ0n) is 12.4. The number of hydrogen-bond donors (Lipinski definition) is 1. The molecule has 2 fully saturated rings. The van der Waals surface area contributed by atoms with Gasteiger partial charge in [0.25, 0.3) is 0 Å². The number of amides is 2. The molecule has 1 saturated heterocycles. The monoisotopic (exact) mass is 281 g/mol. The van der Waals surface area contributed by atoms with Crippen LogP contribution < -0.4 is 0 Å².